The van der Waals surface area contributed by atoms with Gasteiger partial charge in [0.25, 0.3) is 0 Å². The normalized spacial score (nSPS) is 14.8. The summed E-state index contributed by atoms with van der Waals surface area (Å²) in [6, 6.07) is 5.84. The molecule has 0 atom stereocenters. The van der Waals surface area contributed by atoms with E-state index in [4.69, 9.17) is 17.3 Å². The molecule has 3 heterocycles. The molecule has 1 saturated heterocycles. The number of nitrogens with one attached hydrogen (secondary N) is 1. The highest BCUT2D eigenvalue weighted by molar-refractivity contribution is 6.32. The Morgan fingerprint density at radius 3 is 2.72 bits per heavy atom. The highest BCUT2D eigenvalue weighted by atomic mass is 35.5. The lowest BCUT2D eigenvalue weighted by Crippen LogP contribution is -2.44. The lowest BCUT2D eigenvalue weighted by atomic mass is 10.2. The van der Waals surface area contributed by atoms with Crippen LogP contribution in [0, 0.1) is 0 Å². The molecular weight excluding hydrogens is 394 g/mol. The second kappa shape index (κ2) is 8.02. The number of hydrogen-bond donors (Lipinski definition) is 2. The molecule has 150 valence electrons. The van der Waals surface area contributed by atoms with Gasteiger partial charge in [0.1, 0.15) is 17.7 Å². The Bertz CT molecular complexity index is 1030. The van der Waals surface area contributed by atoms with Crippen LogP contribution in [0.25, 0.3) is 5.69 Å². The summed E-state index contributed by atoms with van der Waals surface area (Å²) < 4.78 is 1.54. The second-order valence-electron chi connectivity index (χ2n) is 6.75. The fourth-order valence-electron chi connectivity index (χ4n) is 3.15. The molecule has 29 heavy (non-hydrogen) atoms. The van der Waals surface area contributed by atoms with Crippen LogP contribution in [-0.4, -0.2) is 69.4 Å². The number of likely N-dealkylation sites (N-methyl/N-ethyl adjacent to an activating group) is 1. The summed E-state index contributed by atoms with van der Waals surface area (Å²) in [5.74, 6) is 0.421. The van der Waals surface area contributed by atoms with E-state index in [0.29, 0.717) is 12.1 Å². The minimum absolute atomic E-state index is 0.187. The summed E-state index contributed by atoms with van der Waals surface area (Å²) >= 11 is 6.04. The van der Waals surface area contributed by atoms with E-state index in [1.807, 2.05) is 18.2 Å². The Morgan fingerprint density at radius 2 is 2.00 bits per heavy atom. The molecule has 1 aromatic carbocycles. The van der Waals surface area contributed by atoms with E-state index < -0.39 is 0 Å². The molecule has 2 aromatic heterocycles. The molecule has 1 aliphatic rings. The molecule has 10 nitrogen and oxygen atoms in total. The highest BCUT2D eigenvalue weighted by Crippen LogP contribution is 2.33. The van der Waals surface area contributed by atoms with Crippen molar-refractivity contribution in [1.29, 1.82) is 0 Å². The van der Waals surface area contributed by atoms with Gasteiger partial charge in [0.2, 0.25) is 0 Å². The molecule has 0 amide bonds. The van der Waals surface area contributed by atoms with Gasteiger partial charge >= 0.3 is 0 Å². The molecule has 0 unspecified atom stereocenters. The van der Waals surface area contributed by atoms with E-state index in [1.54, 1.807) is 10.9 Å². The zero-order valence-electron chi connectivity index (χ0n) is 15.8. The zero-order chi connectivity index (χ0) is 20.4. The van der Waals surface area contributed by atoms with E-state index in [1.165, 1.54) is 6.33 Å². The maximum Gasteiger partial charge on any atom is 0.171 e. The number of halogens is 1. The van der Waals surface area contributed by atoms with Crippen molar-refractivity contribution in [2.45, 2.75) is 0 Å². The van der Waals surface area contributed by atoms with Gasteiger partial charge in [-0.2, -0.15) is 0 Å². The summed E-state index contributed by atoms with van der Waals surface area (Å²) in [5, 5.41) is 11.3. The van der Waals surface area contributed by atoms with Gasteiger partial charge < -0.3 is 20.9 Å². The average molecular weight is 414 g/mol. The van der Waals surface area contributed by atoms with Crippen LogP contribution in [0.2, 0.25) is 5.15 Å². The molecular formula is C18H20ClN9O. The highest BCUT2D eigenvalue weighted by Gasteiger charge is 2.19. The van der Waals surface area contributed by atoms with Crippen LogP contribution in [0.5, 0.6) is 0 Å². The second-order valence-corrected chi connectivity index (χ2v) is 7.11. The van der Waals surface area contributed by atoms with Gasteiger partial charge in [-0.05, 0) is 25.2 Å². The fraction of sp³-hybridized carbons (Fsp3) is 0.278. The van der Waals surface area contributed by atoms with Crippen LogP contribution in [0.3, 0.4) is 0 Å². The quantitative estimate of drug-likeness (QED) is 0.474. The van der Waals surface area contributed by atoms with Gasteiger partial charge in [-0.1, -0.05) is 16.8 Å². The molecule has 3 N–H and O–H groups in total. The first-order valence-corrected chi connectivity index (χ1v) is 9.41. The minimum atomic E-state index is 0.187. The van der Waals surface area contributed by atoms with Crippen molar-refractivity contribution in [3.63, 3.8) is 0 Å². The van der Waals surface area contributed by atoms with Gasteiger partial charge in [-0.25, -0.2) is 14.6 Å². The smallest absolute Gasteiger partial charge is 0.171 e. The molecule has 0 saturated carbocycles. The first-order valence-electron chi connectivity index (χ1n) is 9.03. The molecule has 1 fully saturated rings. The van der Waals surface area contributed by atoms with E-state index in [2.05, 4.69) is 42.4 Å². The topological polar surface area (TPSA) is 118 Å². The van der Waals surface area contributed by atoms with Crippen LogP contribution in [0.1, 0.15) is 10.5 Å². The van der Waals surface area contributed by atoms with E-state index in [0.717, 1.165) is 43.2 Å². The molecule has 1 aliphatic heterocycles. The Hall–Kier alpha value is -3.24. The summed E-state index contributed by atoms with van der Waals surface area (Å²) in [4.78, 5) is 23.6. The number of piperazine rings is 1. The lowest BCUT2D eigenvalue weighted by Gasteiger charge is -2.35. The molecule has 0 spiro atoms. The van der Waals surface area contributed by atoms with Gasteiger partial charge in [0.05, 0.1) is 23.3 Å². The Labute approximate surface area is 172 Å². The number of nitrogens with zero attached hydrogens (tertiary/aromatic N) is 7. The van der Waals surface area contributed by atoms with Gasteiger partial charge in [-0.15, -0.1) is 5.10 Å². The number of anilines is 4. The summed E-state index contributed by atoms with van der Waals surface area (Å²) in [7, 11) is 2.11. The lowest BCUT2D eigenvalue weighted by molar-refractivity contribution is 0.111. The average Bonchev–Trinajstić information content (AvgIpc) is 3.21. The minimum Gasteiger partial charge on any atom is -0.393 e. The summed E-state index contributed by atoms with van der Waals surface area (Å²) in [6.07, 6.45) is 3.58. The van der Waals surface area contributed by atoms with Crippen molar-refractivity contribution in [3.05, 3.63) is 41.6 Å². The maximum atomic E-state index is 10.9. The van der Waals surface area contributed by atoms with Crippen molar-refractivity contribution >= 4 is 40.8 Å². The van der Waals surface area contributed by atoms with Crippen molar-refractivity contribution < 1.29 is 4.79 Å². The number of nitrogens with two attached hydrogens (primary N) is 1. The number of carbonyl (C=O) groups excluding carboxylic acids is 1. The first-order chi connectivity index (χ1) is 14.0. The predicted octanol–water partition coefficient (Wildman–Crippen LogP) is 1.60. The van der Waals surface area contributed by atoms with Gasteiger partial charge in [0.15, 0.2) is 17.3 Å². The number of carbonyl (C=O) groups is 1. The largest absolute Gasteiger partial charge is 0.393 e. The van der Waals surface area contributed by atoms with E-state index in [9.17, 15) is 4.79 Å². The van der Waals surface area contributed by atoms with E-state index in [-0.39, 0.29) is 16.5 Å². The van der Waals surface area contributed by atoms with Crippen LogP contribution < -0.4 is 16.0 Å². The number of benzene rings is 1. The molecule has 0 aliphatic carbocycles. The number of nitrogen functional groups attached to an aromatic ring is 1. The molecule has 4 rings (SSSR count). The van der Waals surface area contributed by atoms with Crippen LogP contribution >= 0.6 is 11.6 Å². The fourth-order valence-corrected chi connectivity index (χ4v) is 3.28. The number of rotatable bonds is 5. The summed E-state index contributed by atoms with van der Waals surface area (Å²) in [5.41, 5.74) is 9.11. The molecule has 11 heteroatoms. The third kappa shape index (κ3) is 3.98. The summed E-state index contributed by atoms with van der Waals surface area (Å²) in [6.45, 7) is 3.72. The maximum absolute atomic E-state index is 10.9. The number of aromatic nitrogens is 5. The van der Waals surface area contributed by atoms with Crippen molar-refractivity contribution in [3.8, 4) is 5.69 Å². The molecule has 3 aromatic rings. The number of hydrogen-bond acceptors (Lipinski definition) is 9. The van der Waals surface area contributed by atoms with Crippen LogP contribution in [0.15, 0.2) is 30.7 Å². The molecule has 0 bridgehead atoms. The van der Waals surface area contributed by atoms with E-state index >= 15 is 0 Å². The van der Waals surface area contributed by atoms with Crippen LogP contribution in [-0.2, 0) is 0 Å². The zero-order valence-corrected chi connectivity index (χ0v) is 16.5. The van der Waals surface area contributed by atoms with Crippen molar-refractivity contribution in [2.24, 2.45) is 0 Å². The standard InChI is InChI=1S/C18H20ClN9O/c1-26-4-6-27(7-5-26)15-3-2-13(28-9-12(10-29)24-25-28)8-14(15)23-18-16(20)17(19)21-11-22-18/h2-3,8-11H,4-7,20H2,1H3,(H,21,22,23). The Kier molecular flexibility index (Phi) is 5.28. The van der Waals surface area contributed by atoms with Crippen molar-refractivity contribution in [2.75, 3.05) is 49.2 Å². The third-order valence-corrected chi connectivity index (χ3v) is 5.11. The predicted molar refractivity (Wildman–Crippen MR) is 111 cm³/mol. The van der Waals surface area contributed by atoms with Crippen molar-refractivity contribution in [1.82, 2.24) is 29.9 Å². The third-order valence-electron chi connectivity index (χ3n) is 4.81. The van der Waals surface area contributed by atoms with Gasteiger partial charge in [0, 0.05) is 26.2 Å². The first kappa shape index (κ1) is 19.1. The number of aldehydes is 1. The Morgan fingerprint density at radius 1 is 1.21 bits per heavy atom. The van der Waals surface area contributed by atoms with Crippen LogP contribution in [0.4, 0.5) is 22.9 Å². The Balaban J connectivity index is 1.74. The molecule has 0 radical (unpaired) electrons. The monoisotopic (exact) mass is 413 g/mol. The SMILES string of the molecule is CN1CCN(c2ccc(-n3cc(C=O)nn3)cc2Nc2ncnc(Cl)c2N)CC1. The van der Waals surface area contributed by atoms with Gasteiger partial charge in [-0.3, -0.25) is 4.79 Å².